The Morgan fingerprint density at radius 2 is 1.73 bits per heavy atom. The summed E-state index contributed by atoms with van der Waals surface area (Å²) < 4.78 is 22.0. The van der Waals surface area contributed by atoms with Crippen LogP contribution in [0.2, 0.25) is 0 Å². The predicted octanol–water partition coefficient (Wildman–Crippen LogP) is 5.00. The van der Waals surface area contributed by atoms with Crippen LogP contribution in [0.1, 0.15) is 32.5 Å². The molecule has 2 aromatic carbocycles. The van der Waals surface area contributed by atoms with Gasteiger partial charge in [-0.25, -0.2) is 4.79 Å². The van der Waals surface area contributed by atoms with Crippen LogP contribution in [0.25, 0.3) is 16.2 Å². The highest BCUT2D eigenvalue weighted by Gasteiger charge is 2.15. The first-order valence-electron chi connectivity index (χ1n) is 9.24. The van der Waals surface area contributed by atoms with Crippen molar-refractivity contribution in [2.45, 2.75) is 6.92 Å². The number of ether oxygens (including phenoxy) is 4. The van der Waals surface area contributed by atoms with Gasteiger partial charge in [0.25, 0.3) is 0 Å². The minimum absolute atomic E-state index is 0.147. The molecule has 6 nitrogen and oxygen atoms in total. The first kappa shape index (κ1) is 21.4. The summed E-state index contributed by atoms with van der Waals surface area (Å²) >= 11 is 1.37. The number of thiophene rings is 1. The molecule has 0 aliphatic carbocycles. The largest absolute Gasteiger partial charge is 0.493 e. The molecule has 1 heterocycles. The zero-order valence-corrected chi connectivity index (χ0v) is 18.0. The number of carbonyl (C=O) groups excluding carboxylic acids is 2. The van der Waals surface area contributed by atoms with E-state index in [0.717, 1.165) is 10.1 Å². The number of methoxy groups -OCH3 is 3. The van der Waals surface area contributed by atoms with Crippen LogP contribution in [-0.4, -0.2) is 39.7 Å². The average molecular weight is 426 g/mol. The molecular weight excluding hydrogens is 404 g/mol. The molecule has 0 saturated heterocycles. The Labute approximate surface area is 178 Å². The molecule has 3 aromatic rings. The normalized spacial score (nSPS) is 10.9. The van der Waals surface area contributed by atoms with Gasteiger partial charge in [0.05, 0.1) is 38.4 Å². The Hall–Kier alpha value is -3.32. The number of carbonyl (C=O) groups is 2. The highest BCUT2D eigenvalue weighted by Crippen LogP contribution is 2.40. The fourth-order valence-corrected chi connectivity index (χ4v) is 3.97. The summed E-state index contributed by atoms with van der Waals surface area (Å²) in [5.74, 6) is 0.962. The maximum atomic E-state index is 12.7. The van der Waals surface area contributed by atoms with E-state index < -0.39 is 0 Å². The van der Waals surface area contributed by atoms with Crippen LogP contribution in [-0.2, 0) is 4.74 Å². The summed E-state index contributed by atoms with van der Waals surface area (Å²) in [5, 5.41) is 0.825. The molecule has 0 aliphatic rings. The quantitative estimate of drug-likeness (QED) is 0.287. The van der Waals surface area contributed by atoms with Gasteiger partial charge in [-0.2, -0.15) is 0 Å². The lowest BCUT2D eigenvalue weighted by Gasteiger charge is -2.13. The SMILES string of the molecule is CCOC(=O)c1ccc2sc(C(=O)C=Cc3ccc(OC)c(OC)c3OC)cc2c1. The summed E-state index contributed by atoms with van der Waals surface area (Å²) in [5.41, 5.74) is 1.15. The lowest BCUT2D eigenvalue weighted by Crippen LogP contribution is -2.03. The van der Waals surface area contributed by atoms with Crippen molar-refractivity contribution in [2.24, 2.45) is 0 Å². The van der Waals surface area contributed by atoms with Crippen LogP contribution in [0.4, 0.5) is 0 Å². The predicted molar refractivity (Wildman–Crippen MR) is 117 cm³/mol. The van der Waals surface area contributed by atoms with Crippen molar-refractivity contribution in [1.29, 1.82) is 0 Å². The van der Waals surface area contributed by atoms with E-state index in [1.165, 1.54) is 31.6 Å². The minimum atomic E-state index is -0.376. The Morgan fingerprint density at radius 3 is 2.40 bits per heavy atom. The summed E-state index contributed by atoms with van der Waals surface area (Å²) in [7, 11) is 4.61. The molecular formula is C23H22O6S. The first-order valence-corrected chi connectivity index (χ1v) is 10.1. The van der Waals surface area contributed by atoms with E-state index in [1.807, 2.05) is 6.07 Å². The van der Waals surface area contributed by atoms with E-state index >= 15 is 0 Å². The molecule has 0 spiro atoms. The van der Waals surface area contributed by atoms with Crippen LogP contribution < -0.4 is 14.2 Å². The molecule has 1 aromatic heterocycles. The summed E-state index contributed by atoms with van der Waals surface area (Å²) in [6.45, 7) is 2.08. The van der Waals surface area contributed by atoms with Crippen molar-refractivity contribution in [1.82, 2.24) is 0 Å². The monoisotopic (exact) mass is 426 g/mol. The number of allylic oxidation sites excluding steroid dienone is 1. The Balaban J connectivity index is 1.88. The lowest BCUT2D eigenvalue weighted by molar-refractivity contribution is 0.0526. The van der Waals surface area contributed by atoms with Gasteiger partial charge in [-0.15, -0.1) is 11.3 Å². The van der Waals surface area contributed by atoms with Gasteiger partial charge in [-0.1, -0.05) is 0 Å². The second-order valence-corrected chi connectivity index (χ2v) is 7.29. The fourth-order valence-electron chi connectivity index (χ4n) is 3.01. The summed E-state index contributed by atoms with van der Waals surface area (Å²) in [6, 6.07) is 10.6. The van der Waals surface area contributed by atoms with Crippen molar-refractivity contribution >= 4 is 39.3 Å². The summed E-state index contributed by atoms with van der Waals surface area (Å²) in [4.78, 5) is 25.2. The minimum Gasteiger partial charge on any atom is -0.493 e. The molecule has 0 N–H and O–H groups in total. The van der Waals surface area contributed by atoms with E-state index in [1.54, 1.807) is 50.4 Å². The van der Waals surface area contributed by atoms with Gasteiger partial charge in [0, 0.05) is 10.3 Å². The topological polar surface area (TPSA) is 71.1 Å². The van der Waals surface area contributed by atoms with E-state index in [-0.39, 0.29) is 11.8 Å². The highest BCUT2D eigenvalue weighted by molar-refractivity contribution is 7.21. The Bertz CT molecular complexity index is 1110. The number of hydrogen-bond donors (Lipinski definition) is 0. The first-order chi connectivity index (χ1) is 14.5. The van der Waals surface area contributed by atoms with Crippen LogP contribution in [0.3, 0.4) is 0 Å². The lowest BCUT2D eigenvalue weighted by atomic mass is 10.1. The molecule has 0 atom stereocenters. The van der Waals surface area contributed by atoms with E-state index in [0.29, 0.717) is 39.9 Å². The van der Waals surface area contributed by atoms with Gasteiger partial charge in [-0.05, 0) is 60.9 Å². The number of fused-ring (bicyclic) bond motifs is 1. The van der Waals surface area contributed by atoms with Crippen LogP contribution in [0.5, 0.6) is 17.2 Å². The van der Waals surface area contributed by atoms with Crippen molar-refractivity contribution < 1.29 is 28.5 Å². The molecule has 0 radical (unpaired) electrons. The number of esters is 1. The standard InChI is InChI=1S/C23H22O6S/c1-5-29-23(25)15-8-11-19-16(12-15)13-20(30-19)17(24)9-6-14-7-10-18(26-2)22(28-4)21(14)27-3/h6-13H,5H2,1-4H3. The highest BCUT2D eigenvalue weighted by atomic mass is 32.1. The maximum Gasteiger partial charge on any atom is 0.338 e. The zero-order valence-electron chi connectivity index (χ0n) is 17.2. The van der Waals surface area contributed by atoms with Crippen molar-refractivity contribution in [3.63, 3.8) is 0 Å². The zero-order chi connectivity index (χ0) is 21.7. The third-order valence-electron chi connectivity index (χ3n) is 4.42. The smallest absolute Gasteiger partial charge is 0.338 e. The molecule has 0 fully saturated rings. The van der Waals surface area contributed by atoms with Gasteiger partial charge in [0.1, 0.15) is 0 Å². The van der Waals surface area contributed by atoms with Gasteiger partial charge in [0.2, 0.25) is 5.75 Å². The molecule has 0 bridgehead atoms. The number of hydrogen-bond acceptors (Lipinski definition) is 7. The van der Waals surface area contributed by atoms with Gasteiger partial charge < -0.3 is 18.9 Å². The van der Waals surface area contributed by atoms with Crippen LogP contribution >= 0.6 is 11.3 Å². The maximum absolute atomic E-state index is 12.7. The number of benzene rings is 2. The second kappa shape index (κ2) is 9.45. The van der Waals surface area contributed by atoms with Crippen molar-refractivity contribution in [3.8, 4) is 17.2 Å². The molecule has 0 unspecified atom stereocenters. The third kappa shape index (κ3) is 4.31. The summed E-state index contributed by atoms with van der Waals surface area (Å²) in [6.07, 6.45) is 3.16. The van der Waals surface area contributed by atoms with Crippen LogP contribution in [0.15, 0.2) is 42.5 Å². The second-order valence-electron chi connectivity index (χ2n) is 6.20. The van der Waals surface area contributed by atoms with E-state index in [9.17, 15) is 9.59 Å². The van der Waals surface area contributed by atoms with E-state index in [4.69, 9.17) is 18.9 Å². The van der Waals surface area contributed by atoms with Crippen LogP contribution in [0, 0.1) is 0 Å². The molecule has 7 heteroatoms. The van der Waals surface area contributed by atoms with Gasteiger partial charge in [0.15, 0.2) is 17.3 Å². The third-order valence-corrected chi connectivity index (χ3v) is 5.55. The molecule has 3 rings (SSSR count). The molecule has 30 heavy (non-hydrogen) atoms. The van der Waals surface area contributed by atoms with Crippen molar-refractivity contribution in [2.75, 3.05) is 27.9 Å². The molecule has 0 aliphatic heterocycles. The molecule has 0 saturated carbocycles. The Morgan fingerprint density at radius 1 is 0.967 bits per heavy atom. The Kier molecular flexibility index (Phi) is 6.74. The van der Waals surface area contributed by atoms with Crippen molar-refractivity contribution in [3.05, 3.63) is 58.5 Å². The number of ketones is 1. The molecule has 0 amide bonds. The number of rotatable bonds is 8. The fraction of sp³-hybridized carbons (Fsp3) is 0.217. The van der Waals surface area contributed by atoms with Gasteiger partial charge >= 0.3 is 5.97 Å². The van der Waals surface area contributed by atoms with E-state index in [2.05, 4.69) is 0 Å². The average Bonchev–Trinajstić information content (AvgIpc) is 3.20. The molecule has 156 valence electrons. The van der Waals surface area contributed by atoms with Gasteiger partial charge in [-0.3, -0.25) is 4.79 Å².